The molecule has 0 radical (unpaired) electrons. The minimum absolute atomic E-state index is 0.353. The Morgan fingerprint density at radius 3 is 1.89 bits per heavy atom. The first-order valence-corrected chi connectivity index (χ1v) is 13.3. The molecular formula is C27H32F9N3O8. The van der Waals surface area contributed by atoms with E-state index in [2.05, 4.69) is 40.0 Å². The molecule has 11 nitrogen and oxygen atoms in total. The highest BCUT2D eigenvalue weighted by Crippen LogP contribution is 2.44. The number of alkyl halides is 9. The molecule has 47 heavy (non-hydrogen) atoms. The summed E-state index contributed by atoms with van der Waals surface area (Å²) in [4.78, 5) is 35.9. The summed E-state index contributed by atoms with van der Waals surface area (Å²) in [6, 6.07) is 8.20. The number of carbonyl (C=O) groups is 3. The van der Waals surface area contributed by atoms with E-state index in [1.165, 1.54) is 13.0 Å². The summed E-state index contributed by atoms with van der Waals surface area (Å²) in [5, 5.41) is 21.4. The van der Waals surface area contributed by atoms with Crippen LogP contribution in [0.5, 0.6) is 0 Å². The Hall–Kier alpha value is -3.91. The van der Waals surface area contributed by atoms with E-state index in [4.69, 9.17) is 38.9 Å². The van der Waals surface area contributed by atoms with Gasteiger partial charge >= 0.3 is 36.4 Å². The highest BCUT2D eigenvalue weighted by atomic mass is 19.4. The maximum atomic E-state index is 10.6. The second kappa shape index (κ2) is 17.3. The minimum atomic E-state index is -5.08. The number of aliphatic carboxylic acids is 3. The highest BCUT2D eigenvalue weighted by molar-refractivity contribution is 5.73. The number of pyridine rings is 1. The zero-order chi connectivity index (χ0) is 36.2. The Labute approximate surface area is 261 Å². The third-order valence-electron chi connectivity index (χ3n) is 6.66. The Balaban J connectivity index is 0.000000430. The van der Waals surface area contributed by atoms with Crippen LogP contribution >= 0.6 is 0 Å². The van der Waals surface area contributed by atoms with Gasteiger partial charge in [-0.25, -0.2) is 14.4 Å². The van der Waals surface area contributed by atoms with E-state index >= 15 is 0 Å². The van der Waals surface area contributed by atoms with Crippen molar-refractivity contribution >= 4 is 17.9 Å². The fourth-order valence-corrected chi connectivity index (χ4v) is 4.71. The zero-order valence-electron chi connectivity index (χ0n) is 24.8. The van der Waals surface area contributed by atoms with Gasteiger partial charge in [-0.1, -0.05) is 6.07 Å². The van der Waals surface area contributed by atoms with E-state index in [-0.39, 0.29) is 0 Å². The molecule has 0 aromatic carbocycles. The lowest BCUT2D eigenvalue weighted by atomic mass is 9.77. The Kier molecular flexibility index (Phi) is 15.1. The number of aryl methyl sites for hydroxylation is 1. The van der Waals surface area contributed by atoms with Gasteiger partial charge in [0.1, 0.15) is 11.5 Å². The number of nitrogens with zero attached hydrogens (tertiary/aromatic N) is 3. The van der Waals surface area contributed by atoms with Gasteiger partial charge in [-0.2, -0.15) is 39.5 Å². The van der Waals surface area contributed by atoms with Gasteiger partial charge in [0, 0.05) is 43.4 Å². The van der Waals surface area contributed by atoms with Crippen molar-refractivity contribution in [2.24, 2.45) is 11.3 Å². The molecule has 0 saturated carbocycles. The maximum absolute atomic E-state index is 10.6. The summed E-state index contributed by atoms with van der Waals surface area (Å²) in [5.41, 5.74) is 1.50. The number of carboxylic acids is 3. The average Bonchev–Trinajstić information content (AvgIpc) is 3.62. The van der Waals surface area contributed by atoms with Crippen LogP contribution in [0.25, 0.3) is 0 Å². The van der Waals surface area contributed by atoms with Crippen LogP contribution in [-0.4, -0.2) is 106 Å². The van der Waals surface area contributed by atoms with E-state index < -0.39 is 36.4 Å². The molecule has 1 spiro atoms. The fourth-order valence-electron chi connectivity index (χ4n) is 4.71. The molecule has 2 aromatic rings. The van der Waals surface area contributed by atoms with E-state index in [0.29, 0.717) is 17.9 Å². The molecule has 2 saturated heterocycles. The SMILES string of the molecule is Cc1ccc(CN2CC[C@@]3(CN(C)C[C@H]3COCc3cccnc3)C2)o1.O=C(O)C(F)(F)F.O=C(O)C(F)(F)F.O=C(O)C(F)(F)F. The standard InChI is InChI=1S/C21H29N3O2.3C2HF3O2/c1-17-5-6-20(26-17)12-24-9-7-21(16-24)15-23(2)11-19(21)14-25-13-18-4-3-8-22-10-18;3*3-2(4,5)1(6)7/h3-6,8,10,19H,7,9,11-16H2,1-2H3;3*(H,6,7)/t19-,21+;;;/m0.../s1. The third-order valence-corrected chi connectivity index (χ3v) is 6.66. The lowest BCUT2D eigenvalue weighted by Gasteiger charge is -2.30. The van der Waals surface area contributed by atoms with Gasteiger partial charge in [-0.05, 0) is 50.7 Å². The number of aromatic nitrogens is 1. The minimum Gasteiger partial charge on any atom is -0.475 e. The highest BCUT2D eigenvalue weighted by Gasteiger charge is 2.49. The van der Waals surface area contributed by atoms with Gasteiger partial charge in [0.2, 0.25) is 0 Å². The average molecular weight is 698 g/mol. The number of ether oxygens (including phenoxy) is 1. The summed E-state index contributed by atoms with van der Waals surface area (Å²) in [5.74, 6) is -5.61. The van der Waals surface area contributed by atoms with Crippen molar-refractivity contribution < 1.29 is 78.4 Å². The van der Waals surface area contributed by atoms with Crippen molar-refractivity contribution in [2.45, 2.75) is 45.0 Å². The molecule has 266 valence electrons. The number of rotatable bonds is 6. The topological polar surface area (TPSA) is 154 Å². The first kappa shape index (κ1) is 41.1. The quantitative estimate of drug-likeness (QED) is 0.355. The van der Waals surface area contributed by atoms with Crippen LogP contribution in [0, 0.1) is 18.3 Å². The Morgan fingerprint density at radius 1 is 0.936 bits per heavy atom. The van der Waals surface area contributed by atoms with Crippen molar-refractivity contribution in [1.82, 2.24) is 14.8 Å². The fraction of sp³-hybridized carbons (Fsp3) is 0.556. The van der Waals surface area contributed by atoms with Crippen molar-refractivity contribution in [3.63, 3.8) is 0 Å². The second-order valence-corrected chi connectivity index (χ2v) is 10.5. The largest absolute Gasteiger partial charge is 0.490 e. The van der Waals surface area contributed by atoms with Crippen molar-refractivity contribution in [1.29, 1.82) is 0 Å². The molecule has 20 heteroatoms. The van der Waals surface area contributed by atoms with E-state index in [1.807, 2.05) is 19.2 Å². The molecule has 0 aliphatic carbocycles. The van der Waals surface area contributed by atoms with Crippen LogP contribution in [-0.2, 0) is 32.3 Å². The van der Waals surface area contributed by atoms with Gasteiger partial charge in [-0.15, -0.1) is 0 Å². The molecule has 2 aromatic heterocycles. The summed E-state index contributed by atoms with van der Waals surface area (Å²) in [6.45, 7) is 8.98. The van der Waals surface area contributed by atoms with Crippen molar-refractivity contribution in [3.05, 3.63) is 53.7 Å². The summed E-state index contributed by atoms with van der Waals surface area (Å²) < 4.78 is 107. The van der Waals surface area contributed by atoms with Crippen LogP contribution in [0.1, 0.15) is 23.5 Å². The molecular weight excluding hydrogens is 665 g/mol. The zero-order valence-corrected chi connectivity index (χ0v) is 24.8. The van der Waals surface area contributed by atoms with E-state index in [9.17, 15) is 39.5 Å². The van der Waals surface area contributed by atoms with Crippen LogP contribution in [0.3, 0.4) is 0 Å². The number of furan rings is 1. The number of hydrogen-bond donors (Lipinski definition) is 3. The maximum Gasteiger partial charge on any atom is 0.490 e. The summed E-state index contributed by atoms with van der Waals surface area (Å²) in [7, 11) is 2.24. The molecule has 0 unspecified atom stereocenters. The monoisotopic (exact) mass is 697 g/mol. The Bertz CT molecular complexity index is 1230. The molecule has 4 rings (SSSR count). The molecule has 2 aliphatic heterocycles. The van der Waals surface area contributed by atoms with E-state index in [1.54, 1.807) is 6.20 Å². The summed E-state index contributed by atoms with van der Waals surface area (Å²) >= 11 is 0. The van der Waals surface area contributed by atoms with Crippen LogP contribution < -0.4 is 0 Å². The van der Waals surface area contributed by atoms with Crippen molar-refractivity contribution in [3.8, 4) is 0 Å². The smallest absolute Gasteiger partial charge is 0.475 e. The Morgan fingerprint density at radius 2 is 1.47 bits per heavy atom. The van der Waals surface area contributed by atoms with Gasteiger partial charge in [-0.3, -0.25) is 9.88 Å². The van der Waals surface area contributed by atoms with Crippen LogP contribution in [0.15, 0.2) is 41.1 Å². The lowest BCUT2D eigenvalue weighted by molar-refractivity contribution is -0.193. The molecule has 0 bridgehead atoms. The number of likely N-dealkylation sites (tertiary alicyclic amines) is 2. The van der Waals surface area contributed by atoms with Crippen LogP contribution in [0.2, 0.25) is 0 Å². The first-order valence-electron chi connectivity index (χ1n) is 13.3. The number of halogens is 9. The van der Waals surface area contributed by atoms with Crippen LogP contribution in [0.4, 0.5) is 39.5 Å². The number of carboxylic acid groups (broad SMARTS) is 3. The van der Waals surface area contributed by atoms with Gasteiger partial charge in [0.25, 0.3) is 0 Å². The first-order chi connectivity index (χ1) is 21.5. The predicted octanol–water partition coefficient (Wildman–Crippen LogP) is 4.85. The molecule has 3 N–H and O–H groups in total. The number of hydrogen-bond acceptors (Lipinski definition) is 8. The van der Waals surface area contributed by atoms with Gasteiger partial charge in [0.05, 0.1) is 19.8 Å². The summed E-state index contributed by atoms with van der Waals surface area (Å²) in [6.07, 6.45) is -10.3. The van der Waals surface area contributed by atoms with E-state index in [0.717, 1.165) is 49.9 Å². The van der Waals surface area contributed by atoms with Gasteiger partial charge < -0.3 is 29.4 Å². The van der Waals surface area contributed by atoms with Gasteiger partial charge in [0.15, 0.2) is 0 Å². The molecule has 4 heterocycles. The normalized spacial score (nSPS) is 19.9. The lowest BCUT2D eigenvalue weighted by Crippen LogP contribution is -2.36. The molecule has 2 aliphatic rings. The molecule has 2 atom stereocenters. The third kappa shape index (κ3) is 15.0. The van der Waals surface area contributed by atoms with Crippen molar-refractivity contribution in [2.75, 3.05) is 39.8 Å². The predicted molar refractivity (Wildman–Crippen MR) is 142 cm³/mol. The second-order valence-electron chi connectivity index (χ2n) is 10.5. The molecule has 2 fully saturated rings. The molecule has 0 amide bonds.